The van der Waals surface area contributed by atoms with Crippen LogP contribution in [0.1, 0.15) is 34.1 Å². The van der Waals surface area contributed by atoms with Gasteiger partial charge in [0, 0.05) is 34.1 Å². The number of hydrogen-bond acceptors (Lipinski definition) is 48. The molecule has 0 aromatic rings. The first-order chi connectivity index (χ1) is 56.3. The van der Waals surface area contributed by atoms with Crippen molar-refractivity contribution in [2.24, 2.45) is 5.73 Å². The molecule has 0 radical (unpaired) electrons. The molecule has 9 saturated heterocycles. The average Bonchev–Trinajstić information content (AvgIpc) is 0.769. The first kappa shape index (κ1) is 98.1. The number of primary amides is 1. The molecule has 19 unspecified atom stereocenters. The van der Waals surface area contributed by atoms with Crippen molar-refractivity contribution in [1.82, 2.24) is 26.6 Å². The van der Waals surface area contributed by atoms with Crippen LogP contribution in [0, 0.1) is 0 Å². The van der Waals surface area contributed by atoms with Gasteiger partial charge in [0.05, 0.1) is 71.5 Å². The van der Waals surface area contributed by atoms with Gasteiger partial charge in [-0.2, -0.15) is 0 Å². The number of nitrogens with one attached hydrogen (secondary N) is 5. The molecule has 53 nitrogen and oxygen atoms in total. The fourth-order valence-corrected chi connectivity index (χ4v) is 15.2. The fraction of sp³-hybridized carbons (Fsp3) is 0.909. The summed E-state index contributed by atoms with van der Waals surface area (Å²) in [5.41, 5.74) is 5.30. The molecular formula is C66H110N6O47. The highest BCUT2D eigenvalue weighted by molar-refractivity contribution is 5.79. The monoisotopic (exact) mass is 1740 g/mol. The number of hydrogen-bond donors (Lipinski definition) is 30. The second-order valence-corrected chi connectivity index (χ2v) is 29.8. The lowest BCUT2D eigenvalue weighted by atomic mass is 9.93. The molecule has 0 aliphatic carbocycles. The predicted octanol–water partition coefficient (Wildman–Crippen LogP) is -21.0. The molecule has 0 saturated carbocycles. The second kappa shape index (κ2) is 43.5. The Kier molecular flexibility index (Phi) is 35.9. The maximum absolute atomic E-state index is 13.2. The van der Waals surface area contributed by atoms with Gasteiger partial charge in [-0.05, 0) is 0 Å². The molecular weight excluding hydrogens is 1630 g/mol. The maximum atomic E-state index is 13.2. The lowest BCUT2D eigenvalue weighted by Gasteiger charge is -2.51. The minimum Gasteiger partial charge on any atom is -0.394 e. The summed E-state index contributed by atoms with van der Waals surface area (Å²) in [4.78, 5) is 75.5. The van der Waals surface area contributed by atoms with Crippen LogP contribution in [0.5, 0.6) is 0 Å². The van der Waals surface area contributed by atoms with Gasteiger partial charge in [0.25, 0.3) is 0 Å². The summed E-state index contributed by atoms with van der Waals surface area (Å²) in [7, 11) is 0. The van der Waals surface area contributed by atoms with E-state index in [-0.39, 0.29) is 6.29 Å². The van der Waals surface area contributed by atoms with Crippen LogP contribution in [-0.2, 0) is 109 Å². The van der Waals surface area contributed by atoms with Crippen molar-refractivity contribution >= 4 is 35.8 Å². The molecule has 9 fully saturated rings. The Labute approximate surface area is 673 Å². The topological polar surface area (TPSA) is 831 Å². The normalized spacial score (nSPS) is 46.9. The Balaban J connectivity index is 1.06. The number of aldehydes is 1. The smallest absolute Gasteiger partial charge is 0.219 e. The van der Waals surface area contributed by atoms with Gasteiger partial charge in [-0.15, -0.1) is 0 Å². The van der Waals surface area contributed by atoms with E-state index in [0.717, 1.165) is 27.7 Å². The lowest BCUT2D eigenvalue weighted by molar-refractivity contribution is -0.398. The Morgan fingerprint density at radius 1 is 0.303 bits per heavy atom. The number of ether oxygens (including phenoxy) is 17. The minimum atomic E-state index is -2.61. The molecule has 5 amide bonds. The van der Waals surface area contributed by atoms with Crippen molar-refractivity contribution in [2.45, 2.75) is 316 Å². The van der Waals surface area contributed by atoms with Crippen molar-refractivity contribution in [3.8, 4) is 0 Å². The molecule has 53 heteroatoms. The van der Waals surface area contributed by atoms with Crippen LogP contribution in [0.3, 0.4) is 0 Å². The van der Waals surface area contributed by atoms with E-state index in [0.29, 0.717) is 0 Å². The zero-order chi connectivity index (χ0) is 87.8. The van der Waals surface area contributed by atoms with Gasteiger partial charge in [0.15, 0.2) is 50.3 Å². The van der Waals surface area contributed by atoms with Crippen LogP contribution in [0.25, 0.3) is 0 Å². The van der Waals surface area contributed by atoms with Crippen molar-refractivity contribution in [1.29, 1.82) is 0 Å². The molecule has 0 aromatic carbocycles. The van der Waals surface area contributed by atoms with Crippen molar-refractivity contribution in [3.63, 3.8) is 0 Å². The van der Waals surface area contributed by atoms with E-state index >= 15 is 0 Å². The summed E-state index contributed by atoms with van der Waals surface area (Å²) in [6.45, 7) is -6.25. The van der Waals surface area contributed by atoms with Crippen LogP contribution in [-0.4, -0.2) is 500 Å². The highest BCUT2D eigenvalue weighted by atomic mass is 16.8. The summed E-state index contributed by atoms with van der Waals surface area (Å²) in [6.07, 6.45) is -86.2. The van der Waals surface area contributed by atoms with E-state index in [9.17, 15) is 151 Å². The number of aliphatic hydroxyl groups is 24. The highest BCUT2D eigenvalue weighted by Gasteiger charge is 2.61. The Bertz CT molecular complexity index is 3230. The average molecular weight is 1740 g/mol. The van der Waals surface area contributed by atoms with Crippen LogP contribution < -0.4 is 32.3 Å². The minimum absolute atomic E-state index is 0.258. The summed E-state index contributed by atoms with van der Waals surface area (Å²) in [5, 5.41) is 280. The van der Waals surface area contributed by atoms with Gasteiger partial charge in [0.1, 0.15) is 226 Å². The quantitative estimate of drug-likeness (QED) is 0.0266. The lowest BCUT2D eigenvalue weighted by Crippen LogP contribution is -2.72. The summed E-state index contributed by atoms with van der Waals surface area (Å²) in [5.74, 6) is -4.68. The zero-order valence-electron chi connectivity index (χ0n) is 63.9. The molecule has 0 aromatic heterocycles. The second-order valence-electron chi connectivity index (χ2n) is 29.8. The number of carbonyl (C=O) groups is 6. The zero-order valence-corrected chi connectivity index (χ0v) is 63.9. The molecule has 9 aliphatic rings. The third-order valence-corrected chi connectivity index (χ3v) is 21.4. The Hall–Kier alpha value is -4.66. The largest absolute Gasteiger partial charge is 0.394 e. The number of carbonyl (C=O) groups excluding carboxylic acids is 6. The number of nitrogens with two attached hydrogens (primary N) is 1. The van der Waals surface area contributed by atoms with E-state index in [1.165, 1.54) is 0 Å². The van der Waals surface area contributed by atoms with Crippen LogP contribution in [0.4, 0.5) is 0 Å². The number of amides is 5. The van der Waals surface area contributed by atoms with Crippen LogP contribution in [0.15, 0.2) is 0 Å². The SMILES string of the molecule is CC(=O)NC1C(O)C(O[C@@H]2OC(CO)[C@H](O)[C@H](O)C2O)[C@H](CO)O[C@H]1OC1[C@H](OCC2O[C@@H](O[C@@H]3C(CO)O[C@@H](O[C@@H]4C(CO)O[C@H](N[C@@H](C=O)CC(N)=O)C(NC(C)=O)[C@H]4O)C(NC(C)=O)[C@H]3O)C(O)[C@@H](O[C@H]3O[C@H](CO)[C@@H](O)C(O)C3O[C@@H]3OC(CO)[C@@H](O[C@@H]4OC(CO)[C@H](O)[C@H](O)C4O)[C@H](O)C3NC(C)=O)[C@@H]2O)OC(CO)[C@@H](O)[C@@H]1O. The third-order valence-electron chi connectivity index (χ3n) is 21.4. The molecule has 31 N–H and O–H groups in total. The summed E-state index contributed by atoms with van der Waals surface area (Å²) >= 11 is 0. The molecule has 9 heterocycles. The number of rotatable bonds is 34. The van der Waals surface area contributed by atoms with Gasteiger partial charge in [0.2, 0.25) is 29.5 Å². The molecule has 686 valence electrons. The first-order valence-corrected chi connectivity index (χ1v) is 37.8. The summed E-state index contributed by atoms with van der Waals surface area (Å²) < 4.78 is 102. The molecule has 9 aliphatic heterocycles. The Morgan fingerprint density at radius 3 is 0.933 bits per heavy atom. The first-order valence-electron chi connectivity index (χ1n) is 37.8. The third kappa shape index (κ3) is 22.4. The van der Waals surface area contributed by atoms with Crippen LogP contribution in [0.2, 0.25) is 0 Å². The standard InChI is InChI=1S/C66H110N6O47/c1-16(82)68-31-40(92)51(25(11-78)104-58(31)72-20(6-73)5-30(67)86)113-59-32(69-17(2)83)41(93)54(28(14-81)109-59)116-64-50(102)55(117-66-57(47(99)38(90)24(10-77)108-66)119-61-34(71-19(4)85)43(95)53(27(13-80)111-61)115-63-49(101)45(97)36(88)22(8-75)106-63)39(91)29(112-64)15-103-65-56(46(98)37(89)23(9-76)107-65)118-60-33(70-18(3)84)42(94)52(26(12-79)110-60)114-62-48(100)44(96)35(87)21(7-74)105-62/h6,20-29,31-66,72,74-81,87-102H,5,7-15H2,1-4H3,(H2,67,86)(H,68,82)(H,69,83)(H,70,84)(H,71,85)/t20-,21?,22?,23?,24-,25?,26+,27?,28?,29?,31?,32?,33?,34?,35+,36+,37-,38-,39-,40-,41-,42?,43-,44+,45+,46+,47?,48?,49?,50?,51-,52?,53-,54-,55+,56?,57?,58+,59+,60+,61+,62+,63+,64+,65-,66-/m1/s1. The van der Waals surface area contributed by atoms with Gasteiger partial charge < -0.3 is 235 Å². The van der Waals surface area contributed by atoms with E-state index in [1.807, 2.05) is 0 Å². The van der Waals surface area contributed by atoms with Gasteiger partial charge >= 0.3 is 0 Å². The van der Waals surface area contributed by atoms with Crippen LogP contribution >= 0.6 is 0 Å². The molecule has 119 heavy (non-hydrogen) atoms. The van der Waals surface area contributed by atoms with E-state index < -0.39 is 378 Å². The molecule has 9 rings (SSSR count). The highest BCUT2D eigenvalue weighted by Crippen LogP contribution is 2.40. The molecule has 0 spiro atoms. The predicted molar refractivity (Wildman–Crippen MR) is 368 cm³/mol. The van der Waals surface area contributed by atoms with Crippen molar-refractivity contribution < 1.29 is 232 Å². The van der Waals surface area contributed by atoms with Gasteiger partial charge in [-0.1, -0.05) is 0 Å². The number of aliphatic hydroxyl groups excluding tert-OH is 24. The van der Waals surface area contributed by atoms with E-state index in [1.54, 1.807) is 0 Å². The van der Waals surface area contributed by atoms with Gasteiger partial charge in [-0.25, -0.2) is 0 Å². The van der Waals surface area contributed by atoms with E-state index in [4.69, 9.17) is 86.3 Å². The Morgan fingerprint density at radius 2 is 0.580 bits per heavy atom. The van der Waals surface area contributed by atoms with Gasteiger partial charge in [-0.3, -0.25) is 29.3 Å². The van der Waals surface area contributed by atoms with Crippen molar-refractivity contribution in [2.75, 3.05) is 59.5 Å². The van der Waals surface area contributed by atoms with E-state index in [2.05, 4.69) is 26.6 Å². The molecule has 46 atom stereocenters. The molecule has 0 bridgehead atoms. The fourth-order valence-electron chi connectivity index (χ4n) is 15.2. The maximum Gasteiger partial charge on any atom is 0.219 e. The summed E-state index contributed by atoms with van der Waals surface area (Å²) in [6, 6.07) is -8.90. The van der Waals surface area contributed by atoms with Crippen molar-refractivity contribution in [3.05, 3.63) is 0 Å².